The molecule has 0 radical (unpaired) electrons. The highest BCUT2D eigenvalue weighted by Gasteiger charge is 2.54. The molecule has 7 aromatic rings. The molecule has 0 saturated heterocycles. The Hall–Kier alpha value is -6.18. The fourth-order valence-corrected chi connectivity index (χ4v) is 10.7. The molecule has 1 heteroatoms. The van der Waals surface area contributed by atoms with Crippen molar-refractivity contribution in [3.63, 3.8) is 0 Å². The summed E-state index contributed by atoms with van der Waals surface area (Å²) in [5, 5.41) is 0. The van der Waals surface area contributed by atoms with E-state index in [1.807, 2.05) is 0 Å². The first-order valence-corrected chi connectivity index (χ1v) is 21.4. The Balaban J connectivity index is 1.16. The van der Waals surface area contributed by atoms with Crippen molar-refractivity contribution in [3.05, 3.63) is 226 Å². The van der Waals surface area contributed by atoms with Gasteiger partial charge in [-0.2, -0.15) is 0 Å². The maximum atomic E-state index is 2.52. The maximum Gasteiger partial charge on any atom is 0.0716 e. The molecule has 3 aliphatic carbocycles. The van der Waals surface area contributed by atoms with Crippen LogP contribution in [0.15, 0.2) is 182 Å². The molecule has 0 fully saturated rings. The molecule has 2 unspecified atom stereocenters. The van der Waals surface area contributed by atoms with Crippen molar-refractivity contribution in [1.29, 1.82) is 0 Å². The van der Waals surface area contributed by atoms with Crippen molar-refractivity contribution < 1.29 is 0 Å². The molecule has 2 atom stereocenters. The average Bonchev–Trinajstić information content (AvgIpc) is 3.66. The Morgan fingerprint density at radius 1 is 0.525 bits per heavy atom. The van der Waals surface area contributed by atoms with Crippen molar-refractivity contribution >= 4 is 22.6 Å². The molecule has 0 heterocycles. The van der Waals surface area contributed by atoms with E-state index in [4.69, 9.17) is 0 Å². The van der Waals surface area contributed by atoms with Gasteiger partial charge in [-0.3, -0.25) is 0 Å². The minimum absolute atomic E-state index is 0.0508. The molecule has 59 heavy (non-hydrogen) atoms. The summed E-state index contributed by atoms with van der Waals surface area (Å²) < 4.78 is 0. The highest BCUT2D eigenvalue weighted by molar-refractivity contribution is 5.93. The quantitative estimate of drug-likeness (QED) is 0.163. The van der Waals surface area contributed by atoms with Crippen LogP contribution in [0.1, 0.15) is 92.5 Å². The third-order valence-electron chi connectivity index (χ3n) is 13.7. The molecule has 0 bridgehead atoms. The van der Waals surface area contributed by atoms with E-state index >= 15 is 0 Å². The van der Waals surface area contributed by atoms with Crippen LogP contribution in [0.5, 0.6) is 0 Å². The van der Waals surface area contributed by atoms with Gasteiger partial charge in [-0.15, -0.1) is 0 Å². The Morgan fingerprint density at radius 3 is 1.64 bits per heavy atom. The number of para-hydroxylation sites is 2. The summed E-state index contributed by atoms with van der Waals surface area (Å²) in [7, 11) is 0. The molecular weight excluding hydrogens is 711 g/mol. The zero-order valence-corrected chi connectivity index (χ0v) is 35.5. The van der Waals surface area contributed by atoms with Gasteiger partial charge in [-0.05, 0) is 140 Å². The fourth-order valence-electron chi connectivity index (χ4n) is 10.7. The molecule has 0 aliphatic heterocycles. The normalized spacial score (nSPS) is 18.6. The third kappa shape index (κ3) is 5.81. The smallest absolute Gasteiger partial charge is 0.0716 e. The molecular formula is C58H53N. The highest BCUT2D eigenvalue weighted by Crippen LogP contribution is 2.64. The number of hydrogen-bond donors (Lipinski definition) is 0. The second kappa shape index (κ2) is 13.7. The zero-order valence-electron chi connectivity index (χ0n) is 35.5. The maximum absolute atomic E-state index is 2.52. The monoisotopic (exact) mass is 763 g/mol. The Kier molecular flexibility index (Phi) is 8.62. The lowest BCUT2D eigenvalue weighted by Gasteiger charge is -2.39. The van der Waals surface area contributed by atoms with Gasteiger partial charge in [0.2, 0.25) is 0 Å². The molecule has 0 saturated carbocycles. The lowest BCUT2D eigenvalue weighted by Crippen LogP contribution is -2.34. The molecule has 290 valence electrons. The molecule has 1 nitrogen and oxygen atoms in total. The standard InChI is InChI=1S/C58H53N/c1-38-18-32-48-50-34-35-51-49-33-19-39(2)37-53(49)58(44-28-26-42(27-29-44)56(3,4)5,55(51)54(50)57(6,7)52(48)36-38)43-24-20-40(21-25-43)41-22-30-47(31-23-41)59(45-14-10-8-11-15-45)46-16-12-9-13-17-46/h8-35,37,52H,36H2,1-7H3. The molecule has 7 aromatic carbocycles. The number of allylic oxidation sites excluding steroid dienone is 4. The Morgan fingerprint density at radius 2 is 1.05 bits per heavy atom. The number of rotatable bonds is 6. The first-order valence-electron chi connectivity index (χ1n) is 21.4. The summed E-state index contributed by atoms with van der Waals surface area (Å²) in [6, 6.07) is 61.6. The van der Waals surface area contributed by atoms with E-state index in [1.54, 1.807) is 0 Å². The van der Waals surface area contributed by atoms with Gasteiger partial charge in [0, 0.05) is 17.1 Å². The largest absolute Gasteiger partial charge is 0.311 e. The van der Waals surface area contributed by atoms with E-state index in [2.05, 4.69) is 229 Å². The minimum Gasteiger partial charge on any atom is -0.311 e. The predicted molar refractivity (Wildman–Crippen MR) is 250 cm³/mol. The summed E-state index contributed by atoms with van der Waals surface area (Å²) >= 11 is 0. The van der Waals surface area contributed by atoms with Crippen molar-refractivity contribution in [2.24, 2.45) is 5.92 Å². The van der Waals surface area contributed by atoms with E-state index < -0.39 is 5.41 Å². The second-order valence-corrected chi connectivity index (χ2v) is 18.8. The van der Waals surface area contributed by atoms with E-state index in [0.717, 1.165) is 23.5 Å². The van der Waals surface area contributed by atoms with Gasteiger partial charge in [-0.25, -0.2) is 0 Å². The topological polar surface area (TPSA) is 3.24 Å². The van der Waals surface area contributed by atoms with Crippen LogP contribution in [-0.2, 0) is 16.2 Å². The van der Waals surface area contributed by atoms with E-state index in [0.29, 0.717) is 5.92 Å². The number of fused-ring (bicyclic) bond motifs is 7. The number of anilines is 3. The Labute approximate surface area is 351 Å². The van der Waals surface area contributed by atoms with Gasteiger partial charge < -0.3 is 4.90 Å². The number of aryl methyl sites for hydroxylation is 1. The van der Waals surface area contributed by atoms with E-state index in [9.17, 15) is 0 Å². The molecule has 10 rings (SSSR count). The molecule has 0 spiro atoms. The average molecular weight is 764 g/mol. The van der Waals surface area contributed by atoms with Crippen LogP contribution in [0.25, 0.3) is 27.8 Å². The van der Waals surface area contributed by atoms with Crippen molar-refractivity contribution in [1.82, 2.24) is 0 Å². The molecule has 3 aliphatic rings. The van der Waals surface area contributed by atoms with Gasteiger partial charge in [0.15, 0.2) is 0 Å². The molecule has 0 amide bonds. The highest BCUT2D eigenvalue weighted by atomic mass is 15.1. The summed E-state index contributed by atoms with van der Waals surface area (Å²) in [5.74, 6) is 0.450. The predicted octanol–water partition coefficient (Wildman–Crippen LogP) is 15.4. The van der Waals surface area contributed by atoms with Crippen LogP contribution < -0.4 is 4.90 Å². The first-order chi connectivity index (χ1) is 28.5. The van der Waals surface area contributed by atoms with Gasteiger partial charge in [-0.1, -0.05) is 185 Å². The third-order valence-corrected chi connectivity index (χ3v) is 13.7. The van der Waals surface area contributed by atoms with Gasteiger partial charge in [0.25, 0.3) is 0 Å². The molecule has 0 aromatic heterocycles. The van der Waals surface area contributed by atoms with Crippen LogP contribution in [-0.4, -0.2) is 0 Å². The molecule has 0 N–H and O–H groups in total. The summed E-state index contributed by atoms with van der Waals surface area (Å²) in [6.07, 6.45) is 5.88. The van der Waals surface area contributed by atoms with Crippen LogP contribution in [0.2, 0.25) is 0 Å². The SMILES string of the molecule is CC1=CC=C2c3ccc4c(c3C(C)(C)C2C1)C(c1ccc(-c2ccc(N(c3ccccc3)c3ccccc3)cc2)cc1)(c1ccc(C(C)(C)C)cc1)c1cc(C)ccc1-4. The van der Waals surface area contributed by atoms with Crippen molar-refractivity contribution in [2.45, 2.75) is 71.1 Å². The van der Waals surface area contributed by atoms with E-state index in [1.165, 1.54) is 77.9 Å². The van der Waals surface area contributed by atoms with Crippen LogP contribution >= 0.6 is 0 Å². The Bertz CT molecular complexity index is 2740. The summed E-state index contributed by atoms with van der Waals surface area (Å²) in [4.78, 5) is 2.32. The first kappa shape index (κ1) is 37.1. The summed E-state index contributed by atoms with van der Waals surface area (Å²) in [6.45, 7) is 16.5. The van der Waals surface area contributed by atoms with Gasteiger partial charge >= 0.3 is 0 Å². The number of hydrogen-bond acceptors (Lipinski definition) is 1. The summed E-state index contributed by atoms with van der Waals surface area (Å²) in [5.41, 5.74) is 22.1. The fraction of sp³-hybridized carbons (Fsp3) is 0.207. The van der Waals surface area contributed by atoms with Crippen LogP contribution in [0.3, 0.4) is 0 Å². The van der Waals surface area contributed by atoms with Crippen LogP contribution in [0, 0.1) is 12.8 Å². The second-order valence-electron chi connectivity index (χ2n) is 18.8. The van der Waals surface area contributed by atoms with E-state index in [-0.39, 0.29) is 10.8 Å². The lowest BCUT2D eigenvalue weighted by molar-refractivity contribution is 0.403. The number of nitrogens with zero attached hydrogens (tertiary/aromatic N) is 1. The van der Waals surface area contributed by atoms with Gasteiger partial charge in [0.05, 0.1) is 5.41 Å². The lowest BCUT2D eigenvalue weighted by atomic mass is 9.63. The van der Waals surface area contributed by atoms with Crippen LogP contribution in [0.4, 0.5) is 17.1 Å². The van der Waals surface area contributed by atoms with Gasteiger partial charge in [0.1, 0.15) is 0 Å². The zero-order chi connectivity index (χ0) is 40.7. The minimum atomic E-state index is -0.500. The number of benzene rings is 7. The van der Waals surface area contributed by atoms with Crippen molar-refractivity contribution in [3.8, 4) is 22.3 Å². The van der Waals surface area contributed by atoms with Crippen molar-refractivity contribution in [2.75, 3.05) is 4.90 Å².